The monoisotopic (exact) mass is 455 g/mol. The van der Waals surface area contributed by atoms with Crippen LogP contribution in [0.4, 0.5) is 0 Å². The van der Waals surface area contributed by atoms with Gasteiger partial charge in [-0.05, 0) is 45.8 Å². The molecule has 0 aliphatic rings. The minimum Gasteiger partial charge on any atom is -0.487 e. The summed E-state index contributed by atoms with van der Waals surface area (Å²) in [6.07, 6.45) is 1.73. The Morgan fingerprint density at radius 1 is 1.03 bits per heavy atom. The van der Waals surface area contributed by atoms with Crippen molar-refractivity contribution in [3.63, 3.8) is 0 Å². The summed E-state index contributed by atoms with van der Waals surface area (Å²) in [5, 5.41) is 0. The maximum Gasteiger partial charge on any atom is 0.332 e. The minimum absolute atomic E-state index is 0.247. The highest BCUT2D eigenvalue weighted by molar-refractivity contribution is 9.10. The van der Waals surface area contributed by atoms with E-state index in [1.807, 2.05) is 42.5 Å². The van der Waals surface area contributed by atoms with Crippen molar-refractivity contribution in [3.05, 3.63) is 85.5 Å². The van der Waals surface area contributed by atoms with E-state index >= 15 is 0 Å². The molecule has 4 rings (SSSR count). The van der Waals surface area contributed by atoms with Gasteiger partial charge in [-0.25, -0.2) is 9.78 Å². The first-order valence-electron chi connectivity index (χ1n) is 8.89. The Balaban J connectivity index is 1.60. The summed E-state index contributed by atoms with van der Waals surface area (Å²) in [5.74, 6) is 0.732. The number of rotatable bonds is 5. The lowest BCUT2D eigenvalue weighted by atomic mass is 10.2. The van der Waals surface area contributed by atoms with Crippen LogP contribution < -0.4 is 16.0 Å². The lowest BCUT2D eigenvalue weighted by molar-refractivity contribution is 0.301. The first-order valence-corrected chi connectivity index (χ1v) is 9.68. The number of aromatic nitrogens is 5. The Kier molecular flexibility index (Phi) is 5.06. The number of benzene rings is 1. The van der Waals surface area contributed by atoms with Gasteiger partial charge < -0.3 is 4.74 Å². The molecule has 0 spiro atoms. The van der Waals surface area contributed by atoms with E-state index in [0.29, 0.717) is 23.5 Å². The molecular formula is C20H18BrN5O3. The third kappa shape index (κ3) is 3.61. The molecule has 1 aromatic carbocycles. The van der Waals surface area contributed by atoms with Crippen LogP contribution in [-0.4, -0.2) is 23.7 Å². The maximum atomic E-state index is 12.4. The molecule has 0 aliphatic heterocycles. The van der Waals surface area contributed by atoms with Gasteiger partial charge in [-0.15, -0.1) is 0 Å². The van der Waals surface area contributed by atoms with Crippen LogP contribution in [-0.2, 0) is 27.2 Å². The first-order chi connectivity index (χ1) is 14.0. The molecule has 0 radical (unpaired) electrons. The van der Waals surface area contributed by atoms with Crippen molar-refractivity contribution >= 4 is 27.1 Å². The topological polar surface area (TPSA) is 83.9 Å². The van der Waals surface area contributed by atoms with Gasteiger partial charge in [0.2, 0.25) is 0 Å². The van der Waals surface area contributed by atoms with Gasteiger partial charge in [-0.1, -0.05) is 18.2 Å². The largest absolute Gasteiger partial charge is 0.487 e. The Hall–Kier alpha value is -3.20. The van der Waals surface area contributed by atoms with Crippen LogP contribution in [0.3, 0.4) is 0 Å². The lowest BCUT2D eigenvalue weighted by Crippen LogP contribution is -2.37. The molecule has 0 N–H and O–H groups in total. The number of halogens is 1. The zero-order valence-corrected chi connectivity index (χ0v) is 17.5. The Morgan fingerprint density at radius 2 is 1.79 bits per heavy atom. The molecule has 29 heavy (non-hydrogen) atoms. The zero-order valence-electron chi connectivity index (χ0n) is 15.9. The van der Waals surface area contributed by atoms with E-state index in [0.717, 1.165) is 21.6 Å². The van der Waals surface area contributed by atoms with E-state index < -0.39 is 11.2 Å². The van der Waals surface area contributed by atoms with Crippen LogP contribution in [0, 0.1) is 0 Å². The molecule has 0 bridgehead atoms. The fourth-order valence-corrected chi connectivity index (χ4v) is 3.59. The molecule has 0 amide bonds. The number of imidazole rings is 1. The fourth-order valence-electron chi connectivity index (χ4n) is 3.12. The number of fused-ring (bicyclic) bond motifs is 1. The molecule has 3 heterocycles. The van der Waals surface area contributed by atoms with Crippen LogP contribution in [0.2, 0.25) is 0 Å². The zero-order chi connectivity index (χ0) is 20.5. The van der Waals surface area contributed by atoms with Gasteiger partial charge in [-0.2, -0.15) is 0 Å². The molecule has 0 atom stereocenters. The molecule has 0 fully saturated rings. The number of aryl methyl sites for hydroxylation is 1. The van der Waals surface area contributed by atoms with E-state index in [1.54, 1.807) is 17.8 Å². The van der Waals surface area contributed by atoms with Crippen molar-refractivity contribution in [2.75, 3.05) is 0 Å². The van der Waals surface area contributed by atoms with Crippen LogP contribution in [0.1, 0.15) is 11.3 Å². The highest BCUT2D eigenvalue weighted by Gasteiger charge is 2.17. The van der Waals surface area contributed by atoms with E-state index in [4.69, 9.17) is 4.74 Å². The summed E-state index contributed by atoms with van der Waals surface area (Å²) in [5.41, 5.74) is 1.74. The third-order valence-electron chi connectivity index (χ3n) is 4.67. The van der Waals surface area contributed by atoms with Gasteiger partial charge >= 0.3 is 5.69 Å². The maximum absolute atomic E-state index is 12.4. The van der Waals surface area contributed by atoms with Crippen molar-refractivity contribution in [1.29, 1.82) is 0 Å². The first kappa shape index (κ1) is 19.1. The summed E-state index contributed by atoms with van der Waals surface area (Å²) in [4.78, 5) is 33.2. The number of ether oxygens (including phenoxy) is 1. The van der Waals surface area contributed by atoms with E-state index in [1.165, 1.54) is 11.6 Å². The molecule has 9 heteroatoms. The van der Waals surface area contributed by atoms with Gasteiger partial charge in [-0.3, -0.25) is 23.5 Å². The molecule has 0 aliphatic carbocycles. The van der Waals surface area contributed by atoms with Crippen molar-refractivity contribution in [2.45, 2.75) is 13.2 Å². The van der Waals surface area contributed by atoms with Crippen LogP contribution in [0.25, 0.3) is 11.2 Å². The summed E-state index contributed by atoms with van der Waals surface area (Å²) in [6.45, 7) is 0.835. The number of pyridine rings is 1. The fraction of sp³-hybridized carbons (Fsp3) is 0.200. The summed E-state index contributed by atoms with van der Waals surface area (Å²) in [7, 11) is 3.07. The van der Waals surface area contributed by atoms with Gasteiger partial charge in [0.15, 0.2) is 15.9 Å². The molecule has 148 valence electrons. The molecule has 3 aromatic heterocycles. The SMILES string of the molecule is Cn1c(=O)c2nc(Br)n(Cc3ccc(OCc4ccccn4)cc3)c2n(C)c1=O. The Bertz CT molecular complexity index is 1290. The van der Waals surface area contributed by atoms with Gasteiger partial charge in [0, 0.05) is 20.3 Å². The lowest BCUT2D eigenvalue weighted by Gasteiger charge is -2.11. The average molecular weight is 456 g/mol. The molecule has 0 saturated heterocycles. The van der Waals surface area contributed by atoms with Crippen molar-refractivity contribution in [1.82, 2.24) is 23.7 Å². The van der Waals surface area contributed by atoms with Crippen molar-refractivity contribution in [3.8, 4) is 5.75 Å². The molecule has 4 aromatic rings. The number of hydrogen-bond acceptors (Lipinski definition) is 5. The standard InChI is InChI=1S/C20H18BrN5O3/c1-24-17-16(18(27)25(2)20(24)28)23-19(21)26(17)11-13-6-8-15(9-7-13)29-12-14-5-3-4-10-22-14/h3-10H,11-12H2,1-2H3. The molecule has 0 unspecified atom stereocenters. The minimum atomic E-state index is -0.416. The second-order valence-corrected chi connectivity index (χ2v) is 7.31. The number of hydrogen-bond donors (Lipinski definition) is 0. The molecular weight excluding hydrogens is 438 g/mol. The van der Waals surface area contributed by atoms with Crippen molar-refractivity contribution < 1.29 is 4.74 Å². The van der Waals surface area contributed by atoms with Gasteiger partial charge in [0.1, 0.15) is 12.4 Å². The van der Waals surface area contributed by atoms with Gasteiger partial charge in [0.25, 0.3) is 5.56 Å². The van der Waals surface area contributed by atoms with Crippen LogP contribution in [0.15, 0.2) is 63.0 Å². The quantitative estimate of drug-likeness (QED) is 0.430. The highest BCUT2D eigenvalue weighted by Crippen LogP contribution is 2.20. The van der Waals surface area contributed by atoms with E-state index in [9.17, 15) is 9.59 Å². The smallest absolute Gasteiger partial charge is 0.332 e. The van der Waals surface area contributed by atoms with Crippen LogP contribution in [0.5, 0.6) is 5.75 Å². The predicted molar refractivity (Wildman–Crippen MR) is 112 cm³/mol. The third-order valence-corrected chi connectivity index (χ3v) is 5.28. The predicted octanol–water partition coefficient (Wildman–Crippen LogP) is 2.22. The summed E-state index contributed by atoms with van der Waals surface area (Å²) in [6, 6.07) is 13.3. The average Bonchev–Trinajstić information content (AvgIpc) is 3.07. The summed E-state index contributed by atoms with van der Waals surface area (Å²) < 4.78 is 10.5. The Morgan fingerprint density at radius 3 is 2.48 bits per heavy atom. The van der Waals surface area contributed by atoms with Crippen molar-refractivity contribution in [2.24, 2.45) is 14.1 Å². The molecule has 8 nitrogen and oxygen atoms in total. The summed E-state index contributed by atoms with van der Waals surface area (Å²) >= 11 is 3.41. The second-order valence-electron chi connectivity index (χ2n) is 6.60. The Labute approximate surface area is 174 Å². The second kappa shape index (κ2) is 7.67. The normalized spacial score (nSPS) is 11.1. The molecule has 0 saturated carbocycles. The highest BCUT2D eigenvalue weighted by atomic mass is 79.9. The number of nitrogens with zero attached hydrogens (tertiary/aromatic N) is 5. The van der Waals surface area contributed by atoms with E-state index in [2.05, 4.69) is 25.9 Å². The van der Waals surface area contributed by atoms with E-state index in [-0.39, 0.29) is 5.52 Å². The van der Waals surface area contributed by atoms with Gasteiger partial charge in [0.05, 0.1) is 12.2 Å². The van der Waals surface area contributed by atoms with Crippen LogP contribution >= 0.6 is 15.9 Å².